The Morgan fingerprint density at radius 1 is 0.903 bits per heavy atom. The van der Waals surface area contributed by atoms with E-state index in [0.29, 0.717) is 11.3 Å². The number of nitrogens with zero attached hydrogens (tertiary/aromatic N) is 1. The molecular weight excluding hydrogens is 386 g/mol. The number of nitrogens with one attached hydrogen (secondary N) is 2. The summed E-state index contributed by atoms with van der Waals surface area (Å²) in [7, 11) is 0. The topological polar surface area (TPSA) is 61.4 Å². The fourth-order valence-electron chi connectivity index (χ4n) is 4.24. The third-order valence-corrected chi connectivity index (χ3v) is 6.25. The van der Waals surface area contributed by atoms with Crippen LogP contribution in [-0.4, -0.2) is 24.9 Å². The second kappa shape index (κ2) is 8.06. The summed E-state index contributed by atoms with van der Waals surface area (Å²) in [5.74, 6) is 0.563. The Bertz CT molecular complexity index is 1140. The van der Waals surface area contributed by atoms with Gasteiger partial charge in [-0.2, -0.15) is 0 Å². The van der Waals surface area contributed by atoms with Gasteiger partial charge in [0, 0.05) is 30.4 Å². The molecule has 1 heterocycles. The Balaban J connectivity index is 1.38. The van der Waals surface area contributed by atoms with Crippen LogP contribution in [0.4, 0.5) is 17.1 Å². The average Bonchev–Trinajstić information content (AvgIpc) is 3.54. The predicted octanol–water partition coefficient (Wildman–Crippen LogP) is 5.29. The molecule has 5 nitrogen and oxygen atoms in total. The molecule has 5 heteroatoms. The molecule has 1 atom stereocenters. The molecule has 1 unspecified atom stereocenters. The van der Waals surface area contributed by atoms with Crippen LogP contribution in [0.1, 0.15) is 36.5 Å². The summed E-state index contributed by atoms with van der Waals surface area (Å²) in [5, 5.41) is 7.94. The summed E-state index contributed by atoms with van der Waals surface area (Å²) in [4.78, 5) is 27.9. The van der Waals surface area contributed by atoms with Crippen LogP contribution >= 0.6 is 0 Å². The van der Waals surface area contributed by atoms with E-state index in [1.807, 2.05) is 48.5 Å². The molecule has 2 aliphatic rings. The first-order chi connectivity index (χ1) is 15.1. The summed E-state index contributed by atoms with van der Waals surface area (Å²) in [6.45, 7) is 4.43. The van der Waals surface area contributed by atoms with Gasteiger partial charge < -0.3 is 15.5 Å². The van der Waals surface area contributed by atoms with Crippen molar-refractivity contribution < 1.29 is 9.59 Å². The molecule has 3 aromatic rings. The van der Waals surface area contributed by atoms with Gasteiger partial charge in [0.05, 0.1) is 11.3 Å². The lowest BCUT2D eigenvalue weighted by Gasteiger charge is -2.18. The van der Waals surface area contributed by atoms with Crippen LogP contribution in [-0.2, 0) is 4.79 Å². The van der Waals surface area contributed by atoms with E-state index >= 15 is 0 Å². The number of amides is 2. The lowest BCUT2D eigenvalue weighted by atomic mass is 10.0. The first kappa shape index (κ1) is 19.6. The number of rotatable bonds is 5. The zero-order valence-corrected chi connectivity index (χ0v) is 17.7. The highest BCUT2D eigenvalue weighted by atomic mass is 16.2. The van der Waals surface area contributed by atoms with Crippen LogP contribution < -0.4 is 15.5 Å². The van der Waals surface area contributed by atoms with E-state index < -0.39 is 0 Å². The van der Waals surface area contributed by atoms with E-state index in [4.69, 9.17) is 0 Å². The van der Waals surface area contributed by atoms with Crippen molar-refractivity contribution in [2.45, 2.75) is 26.2 Å². The van der Waals surface area contributed by atoms with E-state index in [1.54, 1.807) is 0 Å². The summed E-state index contributed by atoms with van der Waals surface area (Å²) in [5.41, 5.74) is 2.97. The second-order valence-electron chi connectivity index (χ2n) is 8.85. The van der Waals surface area contributed by atoms with Gasteiger partial charge in [-0.25, -0.2) is 0 Å². The highest BCUT2D eigenvalue weighted by molar-refractivity contribution is 6.13. The molecule has 1 saturated carbocycles. The normalized spacial score (nSPS) is 18.2. The molecule has 2 amide bonds. The summed E-state index contributed by atoms with van der Waals surface area (Å²) < 4.78 is 0. The molecule has 1 aliphatic carbocycles. The van der Waals surface area contributed by atoms with Crippen molar-refractivity contribution in [3.05, 3.63) is 66.2 Å². The maximum Gasteiger partial charge on any atom is 0.257 e. The van der Waals surface area contributed by atoms with Crippen molar-refractivity contribution in [3.8, 4) is 0 Å². The number of hydrogen-bond donors (Lipinski definition) is 2. The van der Waals surface area contributed by atoms with Crippen LogP contribution in [0.2, 0.25) is 0 Å². The van der Waals surface area contributed by atoms with Gasteiger partial charge in [0.2, 0.25) is 5.91 Å². The van der Waals surface area contributed by atoms with E-state index in [1.165, 1.54) is 12.1 Å². The van der Waals surface area contributed by atoms with Gasteiger partial charge >= 0.3 is 0 Å². The highest BCUT2D eigenvalue weighted by Crippen LogP contribution is 2.32. The summed E-state index contributed by atoms with van der Waals surface area (Å²) >= 11 is 0. The molecule has 1 aliphatic heterocycles. The number of anilines is 3. The van der Waals surface area contributed by atoms with Gasteiger partial charge in [-0.05, 0) is 72.4 Å². The van der Waals surface area contributed by atoms with E-state index in [0.717, 1.165) is 48.3 Å². The molecule has 158 valence electrons. The smallest absolute Gasteiger partial charge is 0.257 e. The van der Waals surface area contributed by atoms with Crippen molar-refractivity contribution in [1.29, 1.82) is 0 Å². The van der Waals surface area contributed by atoms with Gasteiger partial charge in [-0.15, -0.1) is 0 Å². The molecule has 31 heavy (non-hydrogen) atoms. The van der Waals surface area contributed by atoms with Gasteiger partial charge in [0.1, 0.15) is 0 Å². The zero-order chi connectivity index (χ0) is 21.4. The maximum atomic E-state index is 13.2. The van der Waals surface area contributed by atoms with Crippen molar-refractivity contribution in [2.75, 3.05) is 28.6 Å². The van der Waals surface area contributed by atoms with Crippen molar-refractivity contribution in [1.82, 2.24) is 0 Å². The molecule has 2 fully saturated rings. The third-order valence-electron chi connectivity index (χ3n) is 6.25. The monoisotopic (exact) mass is 413 g/mol. The number of benzene rings is 3. The Morgan fingerprint density at radius 2 is 1.61 bits per heavy atom. The number of hydrogen-bond acceptors (Lipinski definition) is 3. The van der Waals surface area contributed by atoms with Gasteiger partial charge in [0.15, 0.2) is 0 Å². The van der Waals surface area contributed by atoms with E-state index in [2.05, 4.69) is 34.6 Å². The van der Waals surface area contributed by atoms with Crippen LogP contribution in [0.5, 0.6) is 0 Å². The quantitative estimate of drug-likeness (QED) is 0.598. The minimum atomic E-state index is -0.223. The van der Waals surface area contributed by atoms with Crippen molar-refractivity contribution in [3.63, 3.8) is 0 Å². The fraction of sp³-hybridized carbons (Fsp3) is 0.308. The van der Waals surface area contributed by atoms with Gasteiger partial charge in [-0.1, -0.05) is 31.2 Å². The Kier molecular flexibility index (Phi) is 5.10. The van der Waals surface area contributed by atoms with Crippen LogP contribution in [0, 0.1) is 11.8 Å². The SMILES string of the molecule is CC1CCN(c2ccc(NC(=O)c3cc4ccccc4cc3NC(=O)C3CC3)cc2)C1. The highest BCUT2D eigenvalue weighted by Gasteiger charge is 2.30. The number of fused-ring (bicyclic) bond motifs is 1. The summed E-state index contributed by atoms with van der Waals surface area (Å²) in [6.07, 6.45) is 3.06. The van der Waals surface area contributed by atoms with Gasteiger partial charge in [-0.3, -0.25) is 9.59 Å². The van der Waals surface area contributed by atoms with Crippen LogP contribution in [0.25, 0.3) is 10.8 Å². The maximum absolute atomic E-state index is 13.2. The lowest BCUT2D eigenvalue weighted by molar-refractivity contribution is -0.117. The molecule has 0 spiro atoms. The molecule has 3 aromatic carbocycles. The molecule has 0 radical (unpaired) electrons. The van der Waals surface area contributed by atoms with E-state index in [9.17, 15) is 9.59 Å². The molecule has 2 N–H and O–H groups in total. The molecule has 0 bridgehead atoms. The lowest BCUT2D eigenvalue weighted by Crippen LogP contribution is -2.20. The van der Waals surface area contributed by atoms with Gasteiger partial charge in [0.25, 0.3) is 5.91 Å². The molecular formula is C26H27N3O2. The predicted molar refractivity (Wildman–Crippen MR) is 126 cm³/mol. The first-order valence-corrected chi connectivity index (χ1v) is 11.1. The average molecular weight is 414 g/mol. The van der Waals surface area contributed by atoms with Crippen LogP contribution in [0.3, 0.4) is 0 Å². The van der Waals surface area contributed by atoms with Crippen molar-refractivity contribution >= 4 is 39.6 Å². The standard InChI is InChI=1S/C26H27N3O2/c1-17-12-13-29(16-17)22-10-8-21(9-11-22)27-26(31)23-14-19-4-2-3-5-20(19)15-24(23)28-25(30)18-6-7-18/h2-5,8-11,14-15,17-18H,6-7,12-13,16H2,1H3,(H,27,31)(H,28,30). The zero-order valence-electron chi connectivity index (χ0n) is 17.7. The molecule has 1 saturated heterocycles. The first-order valence-electron chi connectivity index (χ1n) is 11.1. The van der Waals surface area contributed by atoms with Crippen molar-refractivity contribution in [2.24, 2.45) is 11.8 Å². The molecule has 0 aromatic heterocycles. The Labute approximate surface area is 182 Å². The number of carbonyl (C=O) groups is 2. The minimum absolute atomic E-state index is 0.00599. The third kappa shape index (κ3) is 4.26. The molecule has 5 rings (SSSR count). The number of carbonyl (C=O) groups excluding carboxylic acids is 2. The van der Waals surface area contributed by atoms with Crippen LogP contribution in [0.15, 0.2) is 60.7 Å². The minimum Gasteiger partial charge on any atom is -0.371 e. The fourth-order valence-corrected chi connectivity index (χ4v) is 4.24. The summed E-state index contributed by atoms with van der Waals surface area (Å²) in [6, 6.07) is 19.6. The Morgan fingerprint density at radius 3 is 2.26 bits per heavy atom. The van der Waals surface area contributed by atoms with E-state index in [-0.39, 0.29) is 17.7 Å². The second-order valence-corrected chi connectivity index (χ2v) is 8.85. The Hall–Kier alpha value is -3.34. The largest absolute Gasteiger partial charge is 0.371 e.